The molecule has 1 aromatic rings. The Labute approximate surface area is 187 Å². The molecule has 0 atom stereocenters. The smallest absolute Gasteiger partial charge is 0.407 e. The summed E-state index contributed by atoms with van der Waals surface area (Å²) >= 11 is 0. The second-order valence-electron chi connectivity index (χ2n) is 7.18. The number of alkyl carbamates (subject to hydrolysis) is 1. The largest absolute Gasteiger partial charge is 0.550 e. The van der Waals surface area contributed by atoms with Crippen LogP contribution in [0.4, 0.5) is 9.59 Å². The lowest BCUT2D eigenvalue weighted by atomic mass is 10.1. The number of aryl methyl sites for hydroxylation is 2. The van der Waals surface area contributed by atoms with Crippen molar-refractivity contribution in [2.24, 2.45) is 0 Å². The molecule has 0 saturated heterocycles. The molecule has 0 aliphatic heterocycles. The van der Waals surface area contributed by atoms with Gasteiger partial charge in [-0.25, -0.2) is 9.59 Å². The molecule has 0 fully saturated rings. The summed E-state index contributed by atoms with van der Waals surface area (Å²) < 4.78 is 14.9. The van der Waals surface area contributed by atoms with Crippen molar-refractivity contribution >= 4 is 24.1 Å². The Balaban J connectivity index is 2.34. The molecule has 0 saturated carbocycles. The fraction of sp³-hybridized carbons (Fsp3) is 0.545. The van der Waals surface area contributed by atoms with Crippen LogP contribution in [0.15, 0.2) is 12.1 Å². The van der Waals surface area contributed by atoms with E-state index < -0.39 is 18.2 Å². The Bertz CT molecular complexity index is 771. The maximum absolute atomic E-state index is 11.9. The van der Waals surface area contributed by atoms with E-state index in [1.165, 1.54) is 0 Å². The number of carbonyl (C=O) groups is 4. The number of carbonyl (C=O) groups excluding carboxylic acids is 4. The number of rotatable bonds is 13. The van der Waals surface area contributed by atoms with E-state index in [9.17, 15) is 24.3 Å². The van der Waals surface area contributed by atoms with Gasteiger partial charge < -0.3 is 34.7 Å². The molecular formula is C22H31N2O8-. The number of amides is 2. The number of hydrogen-bond acceptors (Lipinski definition) is 8. The van der Waals surface area contributed by atoms with E-state index in [0.29, 0.717) is 29.8 Å². The summed E-state index contributed by atoms with van der Waals surface area (Å²) in [6, 6.07) is 3.53. The zero-order valence-corrected chi connectivity index (χ0v) is 18.8. The van der Waals surface area contributed by atoms with Crippen molar-refractivity contribution in [2.45, 2.75) is 59.5 Å². The molecule has 0 heterocycles. The summed E-state index contributed by atoms with van der Waals surface area (Å²) in [6.07, 6.45) is 1.17. The molecule has 178 valence electrons. The molecule has 0 unspecified atom stereocenters. The van der Waals surface area contributed by atoms with Crippen LogP contribution in [0.2, 0.25) is 0 Å². The van der Waals surface area contributed by atoms with Gasteiger partial charge in [-0.15, -0.1) is 0 Å². The highest BCUT2D eigenvalue weighted by Gasteiger charge is 2.13. The second-order valence-corrected chi connectivity index (χ2v) is 7.18. The molecule has 0 aliphatic carbocycles. The molecule has 32 heavy (non-hydrogen) atoms. The number of carboxylic acid groups (broad SMARTS) is 1. The second kappa shape index (κ2) is 14.7. The lowest BCUT2D eigenvalue weighted by Crippen LogP contribution is -2.31. The van der Waals surface area contributed by atoms with E-state index in [1.807, 2.05) is 0 Å². The molecule has 0 spiro atoms. The van der Waals surface area contributed by atoms with Gasteiger partial charge in [-0.05, 0) is 55.5 Å². The standard InChI is InChI=1S/C22H32N2O8/c1-4-18(25)24-13-19(26)32-20-15(2)11-17(12-16(20)3)14-31-21(27)23-9-7-5-6-8-10-30-22(28)29/h11-12H,4-10,13-14H2,1-3H3,(H,23,27)(H,24,25)(H,28,29)/p-1. The summed E-state index contributed by atoms with van der Waals surface area (Å²) in [5, 5.41) is 15.2. The monoisotopic (exact) mass is 451 g/mol. The maximum atomic E-state index is 11.9. The highest BCUT2D eigenvalue weighted by molar-refractivity contribution is 5.82. The molecule has 0 radical (unpaired) electrons. The Morgan fingerprint density at radius 2 is 1.59 bits per heavy atom. The minimum Gasteiger partial charge on any atom is -0.550 e. The van der Waals surface area contributed by atoms with Crippen LogP contribution in [0.25, 0.3) is 0 Å². The topological polar surface area (TPSA) is 143 Å². The summed E-state index contributed by atoms with van der Waals surface area (Å²) in [6.45, 7) is 5.67. The summed E-state index contributed by atoms with van der Waals surface area (Å²) in [5.74, 6) is -0.379. The molecule has 0 aliphatic rings. The van der Waals surface area contributed by atoms with Gasteiger partial charge in [0.05, 0.1) is 0 Å². The van der Waals surface area contributed by atoms with Crippen molar-refractivity contribution in [1.29, 1.82) is 0 Å². The quantitative estimate of drug-likeness (QED) is 0.263. The third-order valence-electron chi connectivity index (χ3n) is 4.42. The molecule has 10 heteroatoms. The normalized spacial score (nSPS) is 10.2. The molecule has 2 N–H and O–H groups in total. The number of ether oxygens (including phenoxy) is 3. The molecular weight excluding hydrogens is 420 g/mol. The van der Waals surface area contributed by atoms with E-state index >= 15 is 0 Å². The van der Waals surface area contributed by atoms with Gasteiger partial charge in [0.2, 0.25) is 5.91 Å². The lowest BCUT2D eigenvalue weighted by molar-refractivity contribution is -0.282. The fourth-order valence-corrected chi connectivity index (χ4v) is 2.86. The number of esters is 1. The zero-order chi connectivity index (χ0) is 23.9. The molecule has 1 aromatic carbocycles. The van der Waals surface area contributed by atoms with Crippen molar-refractivity contribution in [3.05, 3.63) is 28.8 Å². The number of benzene rings is 1. The van der Waals surface area contributed by atoms with Gasteiger partial charge >= 0.3 is 12.1 Å². The lowest BCUT2D eigenvalue weighted by Gasteiger charge is -2.13. The van der Waals surface area contributed by atoms with Crippen molar-refractivity contribution in [3.8, 4) is 5.75 Å². The predicted octanol–water partition coefficient (Wildman–Crippen LogP) is 1.88. The van der Waals surface area contributed by atoms with Gasteiger partial charge in [-0.2, -0.15) is 0 Å². The van der Waals surface area contributed by atoms with Crippen LogP contribution in [0.3, 0.4) is 0 Å². The van der Waals surface area contributed by atoms with E-state index in [4.69, 9.17) is 9.47 Å². The molecule has 2 amide bonds. The summed E-state index contributed by atoms with van der Waals surface area (Å²) in [7, 11) is 0. The van der Waals surface area contributed by atoms with E-state index in [0.717, 1.165) is 24.8 Å². The van der Waals surface area contributed by atoms with Crippen molar-refractivity contribution in [2.75, 3.05) is 19.7 Å². The number of hydrogen-bond donors (Lipinski definition) is 2. The Kier molecular flexibility index (Phi) is 12.2. The maximum Gasteiger partial charge on any atom is 0.407 e. The average molecular weight is 451 g/mol. The number of unbranched alkanes of at least 4 members (excludes halogenated alkanes) is 3. The highest BCUT2D eigenvalue weighted by Crippen LogP contribution is 2.25. The third kappa shape index (κ3) is 11.2. The van der Waals surface area contributed by atoms with E-state index in [-0.39, 0.29) is 32.1 Å². The van der Waals surface area contributed by atoms with E-state index in [2.05, 4.69) is 15.4 Å². The van der Waals surface area contributed by atoms with Crippen LogP contribution < -0.4 is 20.5 Å². The van der Waals surface area contributed by atoms with Crippen LogP contribution in [0.1, 0.15) is 55.7 Å². The first kappa shape index (κ1) is 26.7. The SMILES string of the molecule is CCC(=O)NCC(=O)Oc1c(C)cc(COC(=O)NCCCCCCOC(=O)[O-])cc1C. The van der Waals surface area contributed by atoms with Gasteiger partial charge in [0.15, 0.2) is 0 Å². The average Bonchev–Trinajstić information content (AvgIpc) is 2.74. The Morgan fingerprint density at radius 1 is 0.938 bits per heavy atom. The third-order valence-corrected chi connectivity index (χ3v) is 4.42. The number of nitrogens with one attached hydrogen (secondary N) is 2. The fourth-order valence-electron chi connectivity index (χ4n) is 2.86. The highest BCUT2D eigenvalue weighted by atomic mass is 16.7. The summed E-state index contributed by atoms with van der Waals surface area (Å²) in [4.78, 5) is 45.1. The minimum absolute atomic E-state index is 0.0643. The first-order valence-corrected chi connectivity index (χ1v) is 10.5. The summed E-state index contributed by atoms with van der Waals surface area (Å²) in [5.41, 5.74) is 2.17. The van der Waals surface area contributed by atoms with Crippen molar-refractivity contribution in [1.82, 2.24) is 10.6 Å². The van der Waals surface area contributed by atoms with Crippen LogP contribution >= 0.6 is 0 Å². The van der Waals surface area contributed by atoms with E-state index in [1.54, 1.807) is 32.9 Å². The van der Waals surface area contributed by atoms with Crippen LogP contribution in [0, 0.1) is 13.8 Å². The molecule has 1 rings (SSSR count). The predicted molar refractivity (Wildman–Crippen MR) is 113 cm³/mol. The van der Waals surface area contributed by atoms with Gasteiger partial charge in [-0.1, -0.05) is 19.8 Å². The Hall–Kier alpha value is -3.30. The molecule has 10 nitrogen and oxygen atoms in total. The van der Waals surface area contributed by atoms with Crippen molar-refractivity contribution in [3.63, 3.8) is 0 Å². The van der Waals surface area contributed by atoms with Crippen LogP contribution in [-0.2, 0) is 25.7 Å². The minimum atomic E-state index is -1.52. The Morgan fingerprint density at radius 3 is 2.22 bits per heavy atom. The first-order chi connectivity index (χ1) is 15.2. The van der Waals surface area contributed by atoms with Crippen LogP contribution in [0.5, 0.6) is 5.75 Å². The zero-order valence-electron chi connectivity index (χ0n) is 18.8. The van der Waals surface area contributed by atoms with Gasteiger partial charge in [0.25, 0.3) is 6.16 Å². The van der Waals surface area contributed by atoms with Gasteiger partial charge in [-0.3, -0.25) is 4.79 Å². The van der Waals surface area contributed by atoms with Gasteiger partial charge in [0.1, 0.15) is 18.9 Å². The van der Waals surface area contributed by atoms with Crippen LogP contribution in [-0.4, -0.2) is 43.8 Å². The first-order valence-electron chi connectivity index (χ1n) is 10.5. The molecule has 0 aromatic heterocycles. The van der Waals surface area contributed by atoms with Crippen molar-refractivity contribution < 1.29 is 38.5 Å². The van der Waals surface area contributed by atoms with Gasteiger partial charge in [0, 0.05) is 19.6 Å². The molecule has 0 bridgehead atoms.